The van der Waals surface area contributed by atoms with Gasteiger partial charge in [-0.1, -0.05) is 29.3 Å². The van der Waals surface area contributed by atoms with E-state index in [0.717, 1.165) is 17.0 Å². The Balaban J connectivity index is 1.73. The van der Waals surface area contributed by atoms with E-state index in [-0.39, 0.29) is 0 Å². The molecule has 0 radical (unpaired) electrons. The number of amidine groups is 1. The second-order valence-corrected chi connectivity index (χ2v) is 7.55. The molecule has 3 rings (SSSR count). The van der Waals surface area contributed by atoms with Crippen LogP contribution in [0.5, 0.6) is 0 Å². The SMILES string of the molecule is CN=C(NNC=Nc1cc(Cl)cc(Cl)c1)c1cccnc1NC1=CCC(OC)=CC(OC)=C1. The maximum atomic E-state index is 6.00. The average Bonchev–Trinajstić information content (AvgIpc) is 3.01. The number of nitrogens with zero attached hydrogens (tertiary/aromatic N) is 3. The number of aliphatic imine (C=N–C) groups is 2. The van der Waals surface area contributed by atoms with Gasteiger partial charge in [0.2, 0.25) is 0 Å². The lowest BCUT2D eigenvalue weighted by Crippen LogP contribution is -2.37. The smallest absolute Gasteiger partial charge is 0.150 e. The Morgan fingerprint density at radius 1 is 1.12 bits per heavy atom. The molecular weight excluding hydrogens is 463 g/mol. The number of pyridine rings is 1. The van der Waals surface area contributed by atoms with E-state index < -0.39 is 0 Å². The molecule has 0 saturated carbocycles. The number of rotatable bonds is 8. The van der Waals surface area contributed by atoms with Crippen molar-refractivity contribution in [2.75, 3.05) is 26.6 Å². The third-order valence-electron chi connectivity index (χ3n) is 4.49. The van der Waals surface area contributed by atoms with Crippen LogP contribution < -0.4 is 16.2 Å². The topological polar surface area (TPSA) is 92.2 Å². The number of benzene rings is 1. The van der Waals surface area contributed by atoms with Crippen LogP contribution in [0.2, 0.25) is 10.0 Å². The molecule has 3 N–H and O–H groups in total. The fourth-order valence-corrected chi connectivity index (χ4v) is 3.44. The number of methoxy groups -OCH3 is 2. The first-order valence-corrected chi connectivity index (χ1v) is 10.7. The summed E-state index contributed by atoms with van der Waals surface area (Å²) in [4.78, 5) is 13.1. The molecule has 1 aromatic carbocycles. The van der Waals surface area contributed by atoms with Gasteiger partial charge in [-0.3, -0.25) is 15.8 Å². The van der Waals surface area contributed by atoms with Crippen molar-refractivity contribution in [1.29, 1.82) is 0 Å². The van der Waals surface area contributed by atoms with Gasteiger partial charge < -0.3 is 14.8 Å². The molecule has 0 bridgehead atoms. The highest BCUT2D eigenvalue weighted by Crippen LogP contribution is 2.24. The zero-order valence-electron chi connectivity index (χ0n) is 18.4. The van der Waals surface area contributed by atoms with Gasteiger partial charge in [-0.25, -0.2) is 9.98 Å². The van der Waals surface area contributed by atoms with Crippen LogP contribution in [0.25, 0.3) is 0 Å². The Morgan fingerprint density at radius 2 is 1.91 bits per heavy atom. The molecule has 0 unspecified atom stereocenters. The van der Waals surface area contributed by atoms with Gasteiger partial charge in [-0.15, -0.1) is 0 Å². The summed E-state index contributed by atoms with van der Waals surface area (Å²) in [5.74, 6) is 2.64. The van der Waals surface area contributed by atoms with Crippen molar-refractivity contribution < 1.29 is 9.47 Å². The largest absolute Gasteiger partial charge is 0.501 e. The molecule has 0 spiro atoms. The zero-order chi connectivity index (χ0) is 23.6. The summed E-state index contributed by atoms with van der Waals surface area (Å²) in [7, 11) is 4.92. The third-order valence-corrected chi connectivity index (χ3v) is 4.92. The lowest BCUT2D eigenvalue weighted by molar-refractivity contribution is 0.271. The maximum absolute atomic E-state index is 6.00. The van der Waals surface area contributed by atoms with E-state index in [1.807, 2.05) is 30.4 Å². The van der Waals surface area contributed by atoms with E-state index >= 15 is 0 Å². The molecule has 1 aliphatic carbocycles. The van der Waals surface area contributed by atoms with Crippen molar-refractivity contribution >= 4 is 46.9 Å². The molecule has 1 heterocycles. The van der Waals surface area contributed by atoms with Crippen LogP contribution in [0.1, 0.15) is 12.0 Å². The molecule has 33 heavy (non-hydrogen) atoms. The summed E-state index contributed by atoms with van der Waals surface area (Å²) in [6, 6.07) is 8.79. The highest BCUT2D eigenvalue weighted by atomic mass is 35.5. The van der Waals surface area contributed by atoms with Crippen LogP contribution in [-0.4, -0.2) is 38.4 Å². The number of hydrogen-bond acceptors (Lipinski definition) is 6. The molecule has 172 valence electrons. The van der Waals surface area contributed by atoms with Gasteiger partial charge in [0.15, 0.2) is 5.84 Å². The average molecular weight is 487 g/mol. The van der Waals surface area contributed by atoms with Crippen molar-refractivity contribution in [2.45, 2.75) is 6.42 Å². The molecule has 0 amide bonds. The molecule has 0 aliphatic heterocycles. The molecule has 1 aromatic heterocycles. The normalized spacial score (nSPS) is 14.1. The van der Waals surface area contributed by atoms with Gasteiger partial charge in [0, 0.05) is 47.6 Å². The van der Waals surface area contributed by atoms with Gasteiger partial charge in [0.1, 0.15) is 23.7 Å². The van der Waals surface area contributed by atoms with E-state index in [1.54, 1.807) is 45.7 Å². The van der Waals surface area contributed by atoms with Crippen molar-refractivity contribution in [3.8, 4) is 0 Å². The van der Waals surface area contributed by atoms with E-state index in [1.165, 1.54) is 6.34 Å². The molecule has 1 aliphatic rings. The standard InChI is InChI=1S/C23H24Cl2N6O2/c1-26-22(31-29-14-28-18-10-15(24)9-16(25)11-18)21-5-4-8-27-23(21)30-17-6-7-19(32-2)13-20(12-17)33-3/h4-6,8-14H,7H2,1-3H3,(H,26,31)(H,27,30)(H,28,29). The lowest BCUT2D eigenvalue weighted by Gasteiger charge is -2.14. The number of halogens is 2. The fraction of sp³-hybridized carbons (Fsp3) is 0.174. The van der Waals surface area contributed by atoms with Crippen LogP contribution in [-0.2, 0) is 9.47 Å². The van der Waals surface area contributed by atoms with Crippen LogP contribution >= 0.6 is 23.2 Å². The Morgan fingerprint density at radius 3 is 2.61 bits per heavy atom. The number of anilines is 1. The monoisotopic (exact) mass is 486 g/mol. The Labute approximate surface area is 202 Å². The molecule has 2 aromatic rings. The van der Waals surface area contributed by atoms with Gasteiger partial charge in [-0.2, -0.15) is 0 Å². The minimum atomic E-state index is 0.510. The van der Waals surface area contributed by atoms with Crippen molar-refractivity contribution in [1.82, 2.24) is 15.8 Å². The highest BCUT2D eigenvalue weighted by molar-refractivity contribution is 6.35. The number of allylic oxidation sites excluding steroid dienone is 3. The first kappa shape index (κ1) is 24.2. The Hall–Kier alpha value is -3.49. The summed E-state index contributed by atoms with van der Waals surface area (Å²) in [6.07, 6.45) is 9.52. The Bertz CT molecular complexity index is 1120. The summed E-state index contributed by atoms with van der Waals surface area (Å²) < 4.78 is 10.8. The first-order chi connectivity index (χ1) is 16.0. The third kappa shape index (κ3) is 7.00. The van der Waals surface area contributed by atoms with E-state index in [2.05, 4.69) is 31.1 Å². The van der Waals surface area contributed by atoms with Crippen LogP contribution in [0.3, 0.4) is 0 Å². The van der Waals surface area contributed by atoms with Crippen LogP contribution in [0.15, 0.2) is 82.0 Å². The van der Waals surface area contributed by atoms with E-state index in [4.69, 9.17) is 32.7 Å². The van der Waals surface area contributed by atoms with Gasteiger partial charge >= 0.3 is 0 Å². The summed E-state index contributed by atoms with van der Waals surface area (Å²) in [5.41, 5.74) is 8.12. The van der Waals surface area contributed by atoms with Crippen LogP contribution in [0.4, 0.5) is 11.5 Å². The van der Waals surface area contributed by atoms with Gasteiger partial charge in [-0.05, 0) is 30.3 Å². The molecule has 10 heteroatoms. The fourth-order valence-electron chi connectivity index (χ4n) is 2.93. The zero-order valence-corrected chi connectivity index (χ0v) is 19.9. The maximum Gasteiger partial charge on any atom is 0.150 e. The number of hydrazine groups is 1. The summed E-state index contributed by atoms with van der Waals surface area (Å²) in [5, 5.41) is 4.36. The first-order valence-electron chi connectivity index (χ1n) is 9.92. The molecule has 0 atom stereocenters. The molecule has 0 fully saturated rings. The lowest BCUT2D eigenvalue weighted by atomic mass is 10.2. The Kier molecular flexibility index (Phi) is 8.74. The number of aromatic nitrogens is 1. The minimum Gasteiger partial charge on any atom is -0.501 e. The number of nitrogens with one attached hydrogen (secondary N) is 3. The second-order valence-electron chi connectivity index (χ2n) is 6.68. The predicted molar refractivity (Wildman–Crippen MR) is 134 cm³/mol. The number of ether oxygens (including phenoxy) is 2. The van der Waals surface area contributed by atoms with Crippen molar-refractivity contribution in [3.05, 3.63) is 87.6 Å². The predicted octanol–water partition coefficient (Wildman–Crippen LogP) is 4.98. The van der Waals surface area contributed by atoms with E-state index in [9.17, 15) is 0 Å². The summed E-state index contributed by atoms with van der Waals surface area (Å²) >= 11 is 12.0. The van der Waals surface area contributed by atoms with Gasteiger partial charge in [0.25, 0.3) is 0 Å². The van der Waals surface area contributed by atoms with Crippen molar-refractivity contribution in [2.24, 2.45) is 9.98 Å². The van der Waals surface area contributed by atoms with Crippen LogP contribution in [0, 0.1) is 0 Å². The quantitative estimate of drug-likeness (QED) is 0.276. The highest BCUT2D eigenvalue weighted by Gasteiger charge is 2.12. The molecule has 8 nitrogen and oxygen atoms in total. The number of hydrogen-bond donors (Lipinski definition) is 3. The molecule has 0 saturated heterocycles. The van der Waals surface area contributed by atoms with E-state index in [0.29, 0.717) is 39.6 Å². The minimum absolute atomic E-state index is 0.510. The van der Waals surface area contributed by atoms with Crippen molar-refractivity contribution in [3.63, 3.8) is 0 Å². The summed E-state index contributed by atoms with van der Waals surface area (Å²) in [6.45, 7) is 0. The molecular formula is C23H24Cl2N6O2. The second kappa shape index (κ2) is 11.9. The van der Waals surface area contributed by atoms with Gasteiger partial charge in [0.05, 0.1) is 25.5 Å².